The summed E-state index contributed by atoms with van der Waals surface area (Å²) in [6.45, 7) is 4.36. The van der Waals surface area contributed by atoms with Gasteiger partial charge in [-0.15, -0.1) is 0 Å². The Labute approximate surface area is 189 Å². The highest BCUT2D eigenvalue weighted by atomic mass is 19.1. The zero-order valence-corrected chi connectivity index (χ0v) is 18.3. The summed E-state index contributed by atoms with van der Waals surface area (Å²) in [4.78, 5) is 30.8. The molecule has 168 valence electrons. The van der Waals surface area contributed by atoms with Gasteiger partial charge in [0.15, 0.2) is 0 Å². The first-order valence-electron chi connectivity index (χ1n) is 10.6. The van der Waals surface area contributed by atoms with Gasteiger partial charge in [-0.1, -0.05) is 38.1 Å². The number of nitrogens with zero attached hydrogens (tertiary/aromatic N) is 2. The van der Waals surface area contributed by atoms with E-state index in [-0.39, 0.29) is 36.2 Å². The second-order valence-electron chi connectivity index (χ2n) is 8.22. The van der Waals surface area contributed by atoms with E-state index < -0.39 is 11.5 Å². The largest absolute Gasteiger partial charge is 0.348 e. The number of benzene rings is 2. The molecule has 0 atom stereocenters. The maximum Gasteiger partial charge on any atom is 0.265 e. The van der Waals surface area contributed by atoms with Crippen molar-refractivity contribution in [3.8, 4) is 0 Å². The lowest BCUT2D eigenvalue weighted by Crippen LogP contribution is -2.33. The van der Waals surface area contributed by atoms with Crippen LogP contribution in [0.2, 0.25) is 0 Å². The third-order valence-corrected chi connectivity index (χ3v) is 5.48. The average Bonchev–Trinajstić information content (AvgIpc) is 2.81. The van der Waals surface area contributed by atoms with Crippen molar-refractivity contribution >= 4 is 16.9 Å². The average molecular weight is 447 g/mol. The van der Waals surface area contributed by atoms with Gasteiger partial charge in [0.05, 0.1) is 6.54 Å². The summed E-state index contributed by atoms with van der Waals surface area (Å²) in [5.74, 6) is -1.05. The molecule has 1 amide bonds. The van der Waals surface area contributed by atoms with E-state index in [2.05, 4.69) is 10.3 Å². The summed E-state index contributed by atoms with van der Waals surface area (Å²) in [5, 5.41) is 3.39. The van der Waals surface area contributed by atoms with Gasteiger partial charge >= 0.3 is 0 Å². The molecule has 0 saturated heterocycles. The van der Waals surface area contributed by atoms with Crippen LogP contribution in [-0.2, 0) is 13.1 Å². The summed E-state index contributed by atoms with van der Waals surface area (Å²) >= 11 is 0. The van der Waals surface area contributed by atoms with Gasteiger partial charge in [-0.25, -0.2) is 13.8 Å². The van der Waals surface area contributed by atoms with Crippen molar-refractivity contribution in [3.05, 3.63) is 111 Å². The van der Waals surface area contributed by atoms with E-state index in [0.29, 0.717) is 22.2 Å². The Hall–Kier alpha value is -3.87. The number of hydrogen-bond acceptors (Lipinski definition) is 3. The van der Waals surface area contributed by atoms with Crippen LogP contribution in [0.3, 0.4) is 0 Å². The lowest BCUT2D eigenvalue weighted by molar-refractivity contribution is 0.0949. The van der Waals surface area contributed by atoms with Crippen LogP contribution in [0.1, 0.15) is 46.8 Å². The number of hydrogen-bond donors (Lipinski definition) is 1. The van der Waals surface area contributed by atoms with Crippen molar-refractivity contribution in [2.45, 2.75) is 32.9 Å². The van der Waals surface area contributed by atoms with Crippen molar-refractivity contribution in [1.82, 2.24) is 14.9 Å². The minimum Gasteiger partial charge on any atom is -0.348 e. The fourth-order valence-corrected chi connectivity index (χ4v) is 3.56. The summed E-state index contributed by atoms with van der Waals surface area (Å²) < 4.78 is 27.9. The van der Waals surface area contributed by atoms with Crippen LogP contribution in [0.4, 0.5) is 8.78 Å². The smallest absolute Gasteiger partial charge is 0.265 e. The van der Waals surface area contributed by atoms with E-state index in [1.54, 1.807) is 36.5 Å². The van der Waals surface area contributed by atoms with Crippen LogP contribution >= 0.6 is 0 Å². The summed E-state index contributed by atoms with van der Waals surface area (Å²) in [6.07, 6.45) is 1.72. The summed E-state index contributed by atoms with van der Waals surface area (Å²) in [6, 6.07) is 15.1. The molecule has 7 heteroatoms. The molecule has 33 heavy (non-hydrogen) atoms. The normalized spacial score (nSPS) is 11.2. The standard InChI is InChI=1S/C26H23F2N3O2/c1-16(2)20-11-19-12-23(25(32)30-13-17-3-7-21(27)8-4-17)26(33)31(24(19)29-14-20)15-18-5-9-22(28)10-6-18/h3-12,14,16H,13,15H2,1-2H3,(H,30,32). The number of aromatic nitrogens is 2. The third-order valence-electron chi connectivity index (χ3n) is 5.48. The zero-order valence-electron chi connectivity index (χ0n) is 18.3. The highest BCUT2D eigenvalue weighted by Gasteiger charge is 2.17. The number of pyridine rings is 2. The molecule has 0 spiro atoms. The molecule has 0 saturated carbocycles. The molecule has 0 unspecified atom stereocenters. The molecule has 0 aliphatic carbocycles. The molecule has 0 radical (unpaired) electrons. The first-order chi connectivity index (χ1) is 15.8. The number of fused-ring (bicyclic) bond motifs is 1. The fourth-order valence-electron chi connectivity index (χ4n) is 3.56. The van der Waals surface area contributed by atoms with E-state index >= 15 is 0 Å². The van der Waals surface area contributed by atoms with Gasteiger partial charge < -0.3 is 5.32 Å². The van der Waals surface area contributed by atoms with Crippen LogP contribution in [0.15, 0.2) is 71.7 Å². The molecule has 4 aromatic rings. The second kappa shape index (κ2) is 9.32. The molecule has 0 aliphatic rings. The first-order valence-corrected chi connectivity index (χ1v) is 10.6. The maximum atomic E-state index is 13.3. The van der Waals surface area contributed by atoms with Crippen LogP contribution in [0, 0.1) is 11.6 Å². The van der Waals surface area contributed by atoms with Gasteiger partial charge in [0, 0.05) is 18.1 Å². The second-order valence-corrected chi connectivity index (χ2v) is 8.22. The summed E-state index contributed by atoms with van der Waals surface area (Å²) in [7, 11) is 0. The highest BCUT2D eigenvalue weighted by molar-refractivity contribution is 5.97. The molecule has 2 heterocycles. The third kappa shape index (κ3) is 4.98. The van der Waals surface area contributed by atoms with Crippen molar-refractivity contribution in [1.29, 1.82) is 0 Å². The van der Waals surface area contributed by atoms with Crippen molar-refractivity contribution < 1.29 is 13.6 Å². The quantitative estimate of drug-likeness (QED) is 0.463. The Bertz CT molecular complexity index is 1360. The van der Waals surface area contributed by atoms with Crippen molar-refractivity contribution in [2.24, 2.45) is 0 Å². The Morgan fingerprint density at radius 3 is 2.18 bits per heavy atom. The van der Waals surface area contributed by atoms with E-state index in [4.69, 9.17) is 0 Å². The fraction of sp³-hybridized carbons (Fsp3) is 0.192. The molecule has 2 aromatic heterocycles. The van der Waals surface area contributed by atoms with E-state index in [0.717, 1.165) is 5.56 Å². The van der Waals surface area contributed by atoms with Gasteiger partial charge in [0.25, 0.3) is 11.5 Å². The van der Waals surface area contributed by atoms with E-state index in [1.807, 2.05) is 19.9 Å². The number of carbonyl (C=O) groups is 1. The monoisotopic (exact) mass is 447 g/mol. The van der Waals surface area contributed by atoms with Gasteiger partial charge in [-0.05, 0) is 59.0 Å². The van der Waals surface area contributed by atoms with Crippen molar-refractivity contribution in [3.63, 3.8) is 0 Å². The van der Waals surface area contributed by atoms with Gasteiger partial charge in [0.1, 0.15) is 22.8 Å². The Morgan fingerprint density at radius 1 is 0.970 bits per heavy atom. The van der Waals surface area contributed by atoms with Crippen LogP contribution < -0.4 is 10.9 Å². The van der Waals surface area contributed by atoms with Gasteiger partial charge in [0.2, 0.25) is 0 Å². The molecule has 0 fully saturated rings. The Morgan fingerprint density at radius 2 is 1.58 bits per heavy atom. The van der Waals surface area contributed by atoms with Crippen LogP contribution in [-0.4, -0.2) is 15.5 Å². The lowest BCUT2D eigenvalue weighted by atomic mass is 10.0. The minimum absolute atomic E-state index is 0.0190. The van der Waals surface area contributed by atoms with Gasteiger partial charge in [-0.2, -0.15) is 0 Å². The highest BCUT2D eigenvalue weighted by Crippen LogP contribution is 2.20. The Kier molecular flexibility index (Phi) is 6.31. The number of rotatable bonds is 6. The molecule has 0 aliphatic heterocycles. The maximum absolute atomic E-state index is 13.3. The number of amides is 1. The molecular formula is C26H23F2N3O2. The molecule has 2 aromatic carbocycles. The lowest BCUT2D eigenvalue weighted by Gasteiger charge is -2.14. The molecule has 4 rings (SSSR count). The van der Waals surface area contributed by atoms with Gasteiger partial charge in [-0.3, -0.25) is 14.2 Å². The molecule has 1 N–H and O–H groups in total. The first kappa shape index (κ1) is 22.3. The number of nitrogens with one attached hydrogen (secondary N) is 1. The predicted molar refractivity (Wildman–Crippen MR) is 123 cm³/mol. The summed E-state index contributed by atoms with van der Waals surface area (Å²) in [5.41, 5.74) is 2.33. The number of carbonyl (C=O) groups excluding carboxylic acids is 1. The predicted octanol–water partition coefficient (Wildman–Crippen LogP) is 4.78. The van der Waals surface area contributed by atoms with E-state index in [9.17, 15) is 18.4 Å². The minimum atomic E-state index is -0.533. The molecule has 0 bridgehead atoms. The molecule has 5 nitrogen and oxygen atoms in total. The number of halogens is 2. The zero-order chi connectivity index (χ0) is 23.5. The SMILES string of the molecule is CC(C)c1cnc2c(c1)cc(C(=O)NCc1ccc(F)cc1)c(=O)n2Cc1ccc(F)cc1. The molecular weight excluding hydrogens is 424 g/mol. The van der Waals surface area contributed by atoms with Crippen LogP contribution in [0.5, 0.6) is 0 Å². The van der Waals surface area contributed by atoms with Crippen LogP contribution in [0.25, 0.3) is 11.0 Å². The topological polar surface area (TPSA) is 64.0 Å². The van der Waals surface area contributed by atoms with Crippen molar-refractivity contribution in [2.75, 3.05) is 0 Å². The Balaban J connectivity index is 1.75. The van der Waals surface area contributed by atoms with E-state index in [1.165, 1.54) is 28.8 Å².